The Bertz CT molecular complexity index is 1510. The summed E-state index contributed by atoms with van der Waals surface area (Å²) in [6.07, 6.45) is 6.11. The van der Waals surface area contributed by atoms with Gasteiger partial charge < -0.3 is 34.8 Å². The van der Waals surface area contributed by atoms with Crippen molar-refractivity contribution in [1.82, 2.24) is 25.3 Å². The number of rotatable bonds is 19. The highest BCUT2D eigenvalue weighted by Gasteiger charge is 2.43. The summed E-state index contributed by atoms with van der Waals surface area (Å²) in [4.78, 5) is 74.2. The Morgan fingerprint density at radius 2 is 1.69 bits per heavy atom. The molecule has 2 fully saturated rings. The van der Waals surface area contributed by atoms with Crippen LogP contribution in [0.15, 0.2) is 48.0 Å². The first-order chi connectivity index (χ1) is 25.4. The summed E-state index contributed by atoms with van der Waals surface area (Å²) in [5.41, 5.74) is -0.00617. The lowest BCUT2D eigenvalue weighted by Gasteiger charge is -2.36. The highest BCUT2D eigenvalue weighted by Crippen LogP contribution is 2.34. The molecule has 1 saturated carbocycles. The van der Waals surface area contributed by atoms with Crippen molar-refractivity contribution in [3.63, 3.8) is 0 Å². The Hall–Kier alpha value is -3.42. The number of carbonyl (C=O) groups is 5. The molecule has 2 aliphatic rings. The number of likely N-dealkylation sites (tertiary alicyclic amines) is 1. The van der Waals surface area contributed by atoms with Crippen molar-refractivity contribution in [3.05, 3.63) is 58.6 Å². The first kappa shape index (κ1) is 45.0. The normalized spacial score (nSPS) is 17.9. The molecule has 0 unspecified atom stereocenters. The molecule has 12 nitrogen and oxygen atoms in total. The predicted molar refractivity (Wildman–Crippen MR) is 214 cm³/mol. The number of ether oxygens (including phenoxy) is 2. The van der Waals surface area contributed by atoms with Crippen LogP contribution in [0, 0.1) is 11.8 Å². The Labute approximate surface area is 334 Å². The van der Waals surface area contributed by atoms with Gasteiger partial charge in [0.15, 0.2) is 0 Å². The van der Waals surface area contributed by atoms with Gasteiger partial charge in [0.05, 0.1) is 19.3 Å². The Morgan fingerprint density at radius 1 is 1.02 bits per heavy atom. The van der Waals surface area contributed by atoms with Gasteiger partial charge in [-0.05, 0) is 94.9 Å². The number of benzene rings is 1. The van der Waals surface area contributed by atoms with Crippen LogP contribution in [0.1, 0.15) is 78.7 Å². The quantitative estimate of drug-likeness (QED) is 0.131. The molecule has 0 radical (unpaired) electrons. The maximum absolute atomic E-state index is 14.5. The fourth-order valence-corrected chi connectivity index (χ4v) is 7.26. The van der Waals surface area contributed by atoms with Crippen molar-refractivity contribution < 1.29 is 33.4 Å². The summed E-state index contributed by atoms with van der Waals surface area (Å²) < 4.78 is 11.9. The van der Waals surface area contributed by atoms with E-state index in [1.54, 1.807) is 57.0 Å². The summed E-state index contributed by atoms with van der Waals surface area (Å²) in [5.74, 6) is -1.75. The topological polar surface area (TPSA) is 138 Å². The average Bonchev–Trinajstić information content (AvgIpc) is 3.83. The van der Waals surface area contributed by atoms with Crippen LogP contribution >= 0.6 is 27.5 Å². The predicted octanol–water partition coefficient (Wildman–Crippen LogP) is 5.90. The SMILES string of the molecule is C=CCOC[C@H]1CCCN1C(=O)[C@H](Cc1cc(Cl)ccc1Br)N(C)C(=O)[C@H](CC(C)C)NC(=O)[C@H](CC=C)N(C)C(=O)[C@@H](NC(=O)OC(C)(C)C)C1CC1. The van der Waals surface area contributed by atoms with Crippen LogP contribution in [0.5, 0.6) is 0 Å². The van der Waals surface area contributed by atoms with Gasteiger partial charge in [-0.25, -0.2) is 4.79 Å². The molecule has 3 rings (SSSR count). The minimum Gasteiger partial charge on any atom is -0.444 e. The van der Waals surface area contributed by atoms with Crippen LogP contribution in [0.25, 0.3) is 0 Å². The van der Waals surface area contributed by atoms with E-state index in [2.05, 4.69) is 39.7 Å². The minimum atomic E-state index is -1.02. The number of hydrogen-bond acceptors (Lipinski definition) is 7. The van der Waals surface area contributed by atoms with Gasteiger partial charge in [-0.3, -0.25) is 19.2 Å². The lowest BCUT2D eigenvalue weighted by molar-refractivity contribution is -0.148. The van der Waals surface area contributed by atoms with E-state index in [1.165, 1.54) is 22.9 Å². The van der Waals surface area contributed by atoms with E-state index in [0.717, 1.165) is 35.7 Å². The molecule has 300 valence electrons. The molecule has 1 heterocycles. The monoisotopic (exact) mass is 835 g/mol. The van der Waals surface area contributed by atoms with Crippen LogP contribution in [-0.4, -0.2) is 114 Å². The minimum absolute atomic E-state index is 0.0108. The molecule has 54 heavy (non-hydrogen) atoms. The van der Waals surface area contributed by atoms with Crippen LogP contribution in [0.3, 0.4) is 0 Å². The van der Waals surface area contributed by atoms with Crippen molar-refractivity contribution in [2.45, 2.75) is 115 Å². The third kappa shape index (κ3) is 13.1. The van der Waals surface area contributed by atoms with E-state index in [4.69, 9.17) is 21.1 Å². The van der Waals surface area contributed by atoms with E-state index >= 15 is 0 Å². The fourth-order valence-electron chi connectivity index (χ4n) is 6.65. The molecular weight excluding hydrogens is 778 g/mol. The zero-order chi connectivity index (χ0) is 40.3. The molecule has 5 amide bonds. The molecule has 14 heteroatoms. The lowest BCUT2D eigenvalue weighted by atomic mass is 9.98. The molecule has 0 aromatic heterocycles. The number of likely N-dealkylation sites (N-methyl/N-ethyl adjacent to an activating group) is 2. The van der Waals surface area contributed by atoms with E-state index in [0.29, 0.717) is 24.8 Å². The van der Waals surface area contributed by atoms with Crippen LogP contribution < -0.4 is 10.6 Å². The molecule has 1 aliphatic heterocycles. The first-order valence-electron chi connectivity index (χ1n) is 18.8. The van der Waals surface area contributed by atoms with Gasteiger partial charge in [-0.2, -0.15) is 0 Å². The maximum Gasteiger partial charge on any atom is 0.408 e. The average molecular weight is 837 g/mol. The Morgan fingerprint density at radius 3 is 2.28 bits per heavy atom. The van der Waals surface area contributed by atoms with E-state index < -0.39 is 53.6 Å². The molecule has 0 spiro atoms. The van der Waals surface area contributed by atoms with Crippen molar-refractivity contribution >= 4 is 57.3 Å². The van der Waals surface area contributed by atoms with Gasteiger partial charge in [-0.15, -0.1) is 13.2 Å². The summed E-state index contributed by atoms with van der Waals surface area (Å²) >= 11 is 9.96. The third-order valence-corrected chi connectivity index (χ3v) is 10.6. The van der Waals surface area contributed by atoms with Gasteiger partial charge in [0.25, 0.3) is 0 Å². The summed E-state index contributed by atoms with van der Waals surface area (Å²) in [6, 6.07) is 1.32. The summed E-state index contributed by atoms with van der Waals surface area (Å²) in [6.45, 7) is 17.8. The number of alkyl carbamates (subject to hydrolysis) is 1. The van der Waals surface area contributed by atoms with E-state index in [9.17, 15) is 24.0 Å². The zero-order valence-corrected chi connectivity index (χ0v) is 35.2. The molecule has 2 N–H and O–H groups in total. The smallest absolute Gasteiger partial charge is 0.408 e. The van der Waals surface area contributed by atoms with Crippen LogP contribution in [0.2, 0.25) is 5.02 Å². The first-order valence-corrected chi connectivity index (χ1v) is 19.9. The third-order valence-electron chi connectivity index (χ3n) is 9.59. The van der Waals surface area contributed by atoms with E-state index in [1.807, 2.05) is 13.8 Å². The Kier molecular flexibility index (Phi) is 17.1. The largest absolute Gasteiger partial charge is 0.444 e. The van der Waals surface area contributed by atoms with Crippen molar-refractivity contribution in [3.8, 4) is 0 Å². The molecule has 1 aromatic rings. The highest BCUT2D eigenvalue weighted by atomic mass is 79.9. The van der Waals surface area contributed by atoms with Gasteiger partial charge in [-0.1, -0.05) is 53.5 Å². The number of hydrogen-bond donors (Lipinski definition) is 2. The van der Waals surface area contributed by atoms with Gasteiger partial charge in [0, 0.05) is 36.6 Å². The lowest BCUT2D eigenvalue weighted by Crippen LogP contribution is -2.60. The number of halogens is 2. The second kappa shape index (κ2) is 20.5. The van der Waals surface area contributed by atoms with Crippen molar-refractivity contribution in [2.75, 3.05) is 33.9 Å². The van der Waals surface area contributed by atoms with Crippen LogP contribution in [-0.2, 0) is 35.1 Å². The summed E-state index contributed by atoms with van der Waals surface area (Å²) in [5, 5.41) is 6.13. The maximum atomic E-state index is 14.5. The molecule has 1 saturated heterocycles. The zero-order valence-electron chi connectivity index (χ0n) is 32.9. The van der Waals surface area contributed by atoms with Crippen molar-refractivity contribution in [2.24, 2.45) is 11.8 Å². The molecule has 1 aliphatic carbocycles. The fraction of sp³-hybridized carbons (Fsp3) is 0.625. The molecular formula is C40H59BrClN5O7. The van der Waals surface area contributed by atoms with Gasteiger partial charge in [0.1, 0.15) is 29.8 Å². The standard InChI is InChI=1S/C40H59BrClN5O7/c1-10-13-32(45(8)38(51)34(26-15-16-26)44-39(52)54-40(5,6)7)35(48)43-31(21-25(3)4)36(49)46(9)33(23-27-22-28(42)17-18-30(27)41)37(50)47-19-12-14-29(47)24-53-20-11-2/h10-11,17-18,22,25-26,29,31-34H,1-2,12-16,19-21,23-24H2,3-9H3,(H,43,48)(H,44,52)/t29-,31+,32+,33+,34+/m1/s1. The van der Waals surface area contributed by atoms with E-state index in [-0.39, 0.29) is 43.0 Å². The summed E-state index contributed by atoms with van der Waals surface area (Å²) in [7, 11) is 3.10. The van der Waals surface area contributed by atoms with Crippen LogP contribution in [0.4, 0.5) is 4.79 Å². The second-order valence-corrected chi connectivity index (χ2v) is 17.0. The highest BCUT2D eigenvalue weighted by molar-refractivity contribution is 9.10. The Balaban J connectivity index is 1.90. The number of nitrogens with one attached hydrogen (secondary N) is 2. The second-order valence-electron chi connectivity index (χ2n) is 15.7. The molecule has 5 atom stereocenters. The van der Waals surface area contributed by atoms with Gasteiger partial charge >= 0.3 is 6.09 Å². The van der Waals surface area contributed by atoms with Gasteiger partial charge in [0.2, 0.25) is 23.6 Å². The number of nitrogens with zero attached hydrogens (tertiary/aromatic N) is 3. The number of amides is 5. The van der Waals surface area contributed by atoms with Crippen molar-refractivity contribution in [1.29, 1.82) is 0 Å². The number of carbonyl (C=O) groups excluding carboxylic acids is 5. The molecule has 0 bridgehead atoms. The molecule has 1 aromatic carbocycles.